The molecule has 1 aliphatic rings. The SMILES string of the molecule is CCCCOc1ccc(C(=O)N2CCNCC2c2cccnc2)cc1OC. The van der Waals surface area contributed by atoms with Gasteiger partial charge in [0, 0.05) is 37.6 Å². The van der Waals surface area contributed by atoms with Crippen LogP contribution >= 0.6 is 0 Å². The van der Waals surface area contributed by atoms with Gasteiger partial charge in [-0.3, -0.25) is 9.78 Å². The smallest absolute Gasteiger partial charge is 0.254 e. The number of methoxy groups -OCH3 is 1. The van der Waals surface area contributed by atoms with E-state index in [0.717, 1.165) is 24.9 Å². The zero-order valence-electron chi connectivity index (χ0n) is 16.0. The lowest BCUT2D eigenvalue weighted by Crippen LogP contribution is -2.48. The molecule has 1 fully saturated rings. The molecule has 1 unspecified atom stereocenters. The third-order valence-electron chi connectivity index (χ3n) is 4.74. The standard InChI is InChI=1S/C21H27N3O3/c1-3-4-12-27-19-8-7-16(13-20(19)26-2)21(25)24-11-10-23-15-18(24)17-6-5-9-22-14-17/h5-9,13-14,18,23H,3-4,10-12,15H2,1-2H3. The molecule has 0 saturated carbocycles. The van der Waals surface area contributed by atoms with Gasteiger partial charge in [0.25, 0.3) is 5.91 Å². The van der Waals surface area contributed by atoms with Gasteiger partial charge in [0.15, 0.2) is 11.5 Å². The number of pyridine rings is 1. The fourth-order valence-corrected chi connectivity index (χ4v) is 3.23. The molecule has 0 spiro atoms. The quantitative estimate of drug-likeness (QED) is 0.760. The number of hydrogen-bond acceptors (Lipinski definition) is 5. The Bertz CT molecular complexity index is 752. The molecule has 1 aromatic carbocycles. The molecular formula is C21H27N3O3. The summed E-state index contributed by atoms with van der Waals surface area (Å²) in [5, 5.41) is 3.36. The van der Waals surface area contributed by atoms with E-state index in [4.69, 9.17) is 9.47 Å². The van der Waals surface area contributed by atoms with Gasteiger partial charge in [-0.15, -0.1) is 0 Å². The molecule has 2 aromatic rings. The van der Waals surface area contributed by atoms with E-state index in [2.05, 4.69) is 17.2 Å². The van der Waals surface area contributed by atoms with Crippen molar-refractivity contribution in [2.24, 2.45) is 0 Å². The highest BCUT2D eigenvalue weighted by atomic mass is 16.5. The lowest BCUT2D eigenvalue weighted by atomic mass is 10.0. The largest absolute Gasteiger partial charge is 0.493 e. The fraction of sp³-hybridized carbons (Fsp3) is 0.429. The molecule has 1 N–H and O–H groups in total. The number of carbonyl (C=O) groups is 1. The Kier molecular flexibility index (Phi) is 6.65. The molecule has 144 valence electrons. The topological polar surface area (TPSA) is 63.7 Å². The van der Waals surface area contributed by atoms with Crippen LogP contribution in [0.2, 0.25) is 0 Å². The van der Waals surface area contributed by atoms with Crippen molar-refractivity contribution in [2.75, 3.05) is 33.4 Å². The van der Waals surface area contributed by atoms with Gasteiger partial charge < -0.3 is 19.7 Å². The minimum atomic E-state index is -0.0357. The monoisotopic (exact) mass is 369 g/mol. The second-order valence-electron chi connectivity index (χ2n) is 6.57. The summed E-state index contributed by atoms with van der Waals surface area (Å²) >= 11 is 0. The van der Waals surface area contributed by atoms with E-state index in [1.54, 1.807) is 19.4 Å². The van der Waals surface area contributed by atoms with Crippen molar-refractivity contribution in [1.29, 1.82) is 0 Å². The van der Waals surface area contributed by atoms with Crippen LogP contribution in [0.4, 0.5) is 0 Å². The fourth-order valence-electron chi connectivity index (χ4n) is 3.23. The zero-order valence-corrected chi connectivity index (χ0v) is 16.0. The van der Waals surface area contributed by atoms with Crippen LogP contribution in [0.25, 0.3) is 0 Å². The van der Waals surface area contributed by atoms with Crippen LogP contribution < -0.4 is 14.8 Å². The van der Waals surface area contributed by atoms with E-state index in [1.807, 2.05) is 35.4 Å². The number of benzene rings is 1. The number of amides is 1. The lowest BCUT2D eigenvalue weighted by Gasteiger charge is -2.36. The predicted octanol–water partition coefficient (Wildman–Crippen LogP) is 3.06. The van der Waals surface area contributed by atoms with Crippen LogP contribution in [0, 0.1) is 0 Å². The van der Waals surface area contributed by atoms with E-state index in [-0.39, 0.29) is 11.9 Å². The maximum Gasteiger partial charge on any atom is 0.254 e. The molecule has 1 atom stereocenters. The Hall–Kier alpha value is -2.60. The van der Waals surface area contributed by atoms with Gasteiger partial charge in [0.1, 0.15) is 0 Å². The Morgan fingerprint density at radius 3 is 2.96 bits per heavy atom. The molecule has 6 nitrogen and oxygen atoms in total. The lowest BCUT2D eigenvalue weighted by molar-refractivity contribution is 0.0633. The van der Waals surface area contributed by atoms with Gasteiger partial charge in [0.05, 0.1) is 19.8 Å². The first-order valence-electron chi connectivity index (χ1n) is 9.47. The highest BCUT2D eigenvalue weighted by molar-refractivity contribution is 5.95. The summed E-state index contributed by atoms with van der Waals surface area (Å²) in [6.07, 6.45) is 5.62. The second-order valence-corrected chi connectivity index (χ2v) is 6.57. The maximum atomic E-state index is 13.2. The van der Waals surface area contributed by atoms with Crippen molar-refractivity contribution >= 4 is 5.91 Å². The summed E-state index contributed by atoms with van der Waals surface area (Å²) < 4.78 is 11.2. The summed E-state index contributed by atoms with van der Waals surface area (Å²) in [7, 11) is 1.60. The van der Waals surface area contributed by atoms with Crippen LogP contribution in [-0.2, 0) is 0 Å². The van der Waals surface area contributed by atoms with Crippen LogP contribution in [0.5, 0.6) is 11.5 Å². The molecule has 0 aliphatic carbocycles. The third kappa shape index (κ3) is 4.57. The average Bonchev–Trinajstić information content (AvgIpc) is 2.74. The Morgan fingerprint density at radius 1 is 1.33 bits per heavy atom. The number of aromatic nitrogens is 1. The van der Waals surface area contributed by atoms with Crippen molar-refractivity contribution in [3.8, 4) is 11.5 Å². The van der Waals surface area contributed by atoms with E-state index >= 15 is 0 Å². The summed E-state index contributed by atoms with van der Waals surface area (Å²) in [5.41, 5.74) is 1.63. The zero-order chi connectivity index (χ0) is 19.1. The summed E-state index contributed by atoms with van der Waals surface area (Å²) in [4.78, 5) is 19.3. The Balaban J connectivity index is 1.81. The van der Waals surface area contributed by atoms with Gasteiger partial charge in [-0.25, -0.2) is 0 Å². The van der Waals surface area contributed by atoms with Crippen molar-refractivity contribution < 1.29 is 14.3 Å². The number of unbranched alkanes of at least 4 members (excludes halogenated alkanes) is 1. The third-order valence-corrected chi connectivity index (χ3v) is 4.74. The van der Waals surface area contributed by atoms with E-state index in [0.29, 0.717) is 36.8 Å². The summed E-state index contributed by atoms with van der Waals surface area (Å²) in [6, 6.07) is 9.28. The van der Waals surface area contributed by atoms with Gasteiger partial charge >= 0.3 is 0 Å². The van der Waals surface area contributed by atoms with E-state index < -0.39 is 0 Å². The number of piperazine rings is 1. The molecule has 1 amide bonds. The van der Waals surface area contributed by atoms with Crippen LogP contribution in [0.15, 0.2) is 42.7 Å². The van der Waals surface area contributed by atoms with Gasteiger partial charge in [-0.1, -0.05) is 19.4 Å². The van der Waals surface area contributed by atoms with Crippen molar-refractivity contribution in [1.82, 2.24) is 15.2 Å². The first-order chi connectivity index (χ1) is 13.2. The highest BCUT2D eigenvalue weighted by Crippen LogP contribution is 2.30. The maximum absolute atomic E-state index is 13.2. The van der Waals surface area contributed by atoms with Crippen molar-refractivity contribution in [3.63, 3.8) is 0 Å². The molecule has 1 aromatic heterocycles. The van der Waals surface area contributed by atoms with Crippen LogP contribution in [0.1, 0.15) is 41.7 Å². The number of nitrogens with one attached hydrogen (secondary N) is 1. The number of nitrogens with zero attached hydrogens (tertiary/aromatic N) is 2. The molecule has 1 saturated heterocycles. The molecular weight excluding hydrogens is 342 g/mol. The van der Waals surface area contributed by atoms with E-state index in [9.17, 15) is 4.79 Å². The van der Waals surface area contributed by atoms with Crippen molar-refractivity contribution in [3.05, 3.63) is 53.9 Å². The first-order valence-corrected chi connectivity index (χ1v) is 9.47. The van der Waals surface area contributed by atoms with Crippen LogP contribution in [-0.4, -0.2) is 49.1 Å². The minimum Gasteiger partial charge on any atom is -0.493 e. The molecule has 27 heavy (non-hydrogen) atoms. The number of hydrogen-bond donors (Lipinski definition) is 1. The number of ether oxygens (including phenoxy) is 2. The molecule has 6 heteroatoms. The second kappa shape index (κ2) is 9.37. The molecule has 0 radical (unpaired) electrons. The summed E-state index contributed by atoms with van der Waals surface area (Å²) in [6.45, 7) is 4.90. The van der Waals surface area contributed by atoms with E-state index in [1.165, 1.54) is 0 Å². The predicted molar refractivity (Wildman–Crippen MR) is 104 cm³/mol. The van der Waals surface area contributed by atoms with Gasteiger partial charge in [-0.05, 0) is 36.2 Å². The molecule has 0 bridgehead atoms. The average molecular weight is 369 g/mol. The number of rotatable bonds is 7. The Morgan fingerprint density at radius 2 is 2.22 bits per heavy atom. The Labute approximate surface area is 160 Å². The normalized spacial score (nSPS) is 16.8. The molecule has 2 heterocycles. The number of carbonyl (C=O) groups excluding carboxylic acids is 1. The highest BCUT2D eigenvalue weighted by Gasteiger charge is 2.29. The van der Waals surface area contributed by atoms with Gasteiger partial charge in [0.2, 0.25) is 0 Å². The van der Waals surface area contributed by atoms with Gasteiger partial charge in [-0.2, -0.15) is 0 Å². The van der Waals surface area contributed by atoms with Crippen molar-refractivity contribution in [2.45, 2.75) is 25.8 Å². The molecule has 3 rings (SSSR count). The first kappa shape index (κ1) is 19.2. The van der Waals surface area contributed by atoms with Crippen LogP contribution in [0.3, 0.4) is 0 Å². The minimum absolute atomic E-state index is 0.0104. The molecule has 1 aliphatic heterocycles. The summed E-state index contributed by atoms with van der Waals surface area (Å²) in [5.74, 6) is 1.25.